The summed E-state index contributed by atoms with van der Waals surface area (Å²) in [6, 6.07) is 8.81. The fourth-order valence-corrected chi connectivity index (χ4v) is 3.00. The van der Waals surface area contributed by atoms with Crippen LogP contribution in [0.2, 0.25) is 0 Å². The standard InChI is InChI=1S/C16H15N7O3S/c1-26-15-7-6-14(21-22-15)23-27(24,25)12-4-2-11(3-5-12)20-16(17)13-10-18-8-9-19-13/h2-10H,1H3,(H2,17,20)(H,21,23). The largest absolute Gasteiger partial charge is 0.480 e. The van der Waals surface area contributed by atoms with Crippen molar-refractivity contribution in [2.45, 2.75) is 4.90 Å². The minimum atomic E-state index is -3.83. The molecule has 10 nitrogen and oxygen atoms in total. The van der Waals surface area contributed by atoms with E-state index >= 15 is 0 Å². The molecule has 3 rings (SSSR count). The number of methoxy groups -OCH3 is 1. The van der Waals surface area contributed by atoms with Crippen LogP contribution in [0.25, 0.3) is 0 Å². The number of sulfonamides is 1. The van der Waals surface area contributed by atoms with Gasteiger partial charge in [-0.2, -0.15) is 0 Å². The van der Waals surface area contributed by atoms with E-state index < -0.39 is 10.0 Å². The summed E-state index contributed by atoms with van der Waals surface area (Å²) in [7, 11) is -2.39. The Morgan fingerprint density at radius 3 is 2.48 bits per heavy atom. The van der Waals surface area contributed by atoms with Crippen LogP contribution in [0.5, 0.6) is 5.88 Å². The quantitative estimate of drug-likeness (QED) is 0.474. The highest BCUT2D eigenvalue weighted by atomic mass is 32.2. The van der Waals surface area contributed by atoms with Crippen molar-refractivity contribution in [2.24, 2.45) is 10.7 Å². The first-order valence-electron chi connectivity index (χ1n) is 7.59. The summed E-state index contributed by atoms with van der Waals surface area (Å²) in [5, 5.41) is 7.44. The van der Waals surface area contributed by atoms with Gasteiger partial charge in [0.25, 0.3) is 10.0 Å². The van der Waals surface area contributed by atoms with Gasteiger partial charge in [-0.15, -0.1) is 10.2 Å². The Bertz CT molecular complexity index is 1040. The lowest BCUT2D eigenvalue weighted by Crippen LogP contribution is -2.15. The number of aliphatic imine (C=N–C) groups is 1. The van der Waals surface area contributed by atoms with E-state index in [1.54, 1.807) is 0 Å². The molecule has 0 saturated carbocycles. The zero-order valence-electron chi connectivity index (χ0n) is 14.1. The molecule has 0 aliphatic carbocycles. The van der Waals surface area contributed by atoms with Crippen molar-refractivity contribution >= 4 is 27.4 Å². The van der Waals surface area contributed by atoms with Crippen LogP contribution in [-0.4, -0.2) is 41.5 Å². The summed E-state index contributed by atoms with van der Waals surface area (Å²) >= 11 is 0. The summed E-state index contributed by atoms with van der Waals surface area (Å²) in [5.41, 5.74) is 6.77. The molecule has 0 aliphatic rings. The number of nitrogens with zero attached hydrogens (tertiary/aromatic N) is 5. The van der Waals surface area contributed by atoms with E-state index in [2.05, 4.69) is 29.9 Å². The second-order valence-electron chi connectivity index (χ2n) is 5.15. The summed E-state index contributed by atoms with van der Waals surface area (Å²) in [6.45, 7) is 0. The van der Waals surface area contributed by atoms with Crippen molar-refractivity contribution in [3.05, 3.63) is 60.7 Å². The lowest BCUT2D eigenvalue weighted by molar-refractivity contribution is 0.392. The first-order chi connectivity index (χ1) is 13.0. The first kappa shape index (κ1) is 18.2. The summed E-state index contributed by atoms with van der Waals surface area (Å²) in [5.74, 6) is 0.524. The van der Waals surface area contributed by atoms with E-state index in [0.29, 0.717) is 11.4 Å². The van der Waals surface area contributed by atoms with Crippen LogP contribution in [-0.2, 0) is 10.0 Å². The maximum atomic E-state index is 12.4. The SMILES string of the molecule is COc1ccc(NS(=O)(=O)c2ccc(N=C(N)c3cnccn3)cc2)nn1. The fourth-order valence-electron chi connectivity index (χ4n) is 2.01. The topological polar surface area (TPSA) is 145 Å². The monoisotopic (exact) mass is 385 g/mol. The molecule has 0 amide bonds. The molecule has 3 N–H and O–H groups in total. The Labute approximate surface area is 155 Å². The number of nitrogens with one attached hydrogen (secondary N) is 1. The molecule has 2 aromatic heterocycles. The van der Waals surface area contributed by atoms with Crippen molar-refractivity contribution in [1.29, 1.82) is 0 Å². The predicted octanol–water partition coefficient (Wildman–Crippen LogP) is 1.11. The van der Waals surface area contributed by atoms with Gasteiger partial charge < -0.3 is 10.5 Å². The molecule has 0 atom stereocenters. The number of rotatable bonds is 6. The average molecular weight is 385 g/mol. The molecule has 11 heteroatoms. The van der Waals surface area contributed by atoms with Gasteiger partial charge in [0.1, 0.15) is 5.69 Å². The zero-order valence-corrected chi connectivity index (χ0v) is 15.0. The number of ether oxygens (including phenoxy) is 1. The van der Waals surface area contributed by atoms with Crippen molar-refractivity contribution < 1.29 is 13.2 Å². The molecule has 27 heavy (non-hydrogen) atoms. The molecular weight excluding hydrogens is 370 g/mol. The molecule has 0 fully saturated rings. The van der Waals surface area contributed by atoms with Gasteiger partial charge in [0.15, 0.2) is 11.7 Å². The normalized spacial score (nSPS) is 11.8. The zero-order chi connectivity index (χ0) is 19.3. The Kier molecular flexibility index (Phi) is 5.22. The molecule has 0 radical (unpaired) electrons. The van der Waals surface area contributed by atoms with Gasteiger partial charge >= 0.3 is 0 Å². The summed E-state index contributed by atoms with van der Waals surface area (Å²) in [4.78, 5) is 12.2. The van der Waals surface area contributed by atoms with Crippen LogP contribution >= 0.6 is 0 Å². The smallest absolute Gasteiger partial charge is 0.263 e. The van der Waals surface area contributed by atoms with Gasteiger partial charge in [-0.3, -0.25) is 9.71 Å². The van der Waals surface area contributed by atoms with Crippen LogP contribution in [0.1, 0.15) is 5.69 Å². The van der Waals surface area contributed by atoms with E-state index in [1.165, 1.54) is 62.1 Å². The Balaban J connectivity index is 1.77. The third-order valence-electron chi connectivity index (χ3n) is 3.31. The molecule has 2 heterocycles. The third kappa shape index (κ3) is 4.52. The predicted molar refractivity (Wildman–Crippen MR) is 98.3 cm³/mol. The minimum Gasteiger partial charge on any atom is -0.480 e. The molecule has 0 unspecified atom stereocenters. The Morgan fingerprint density at radius 1 is 1.11 bits per heavy atom. The van der Waals surface area contributed by atoms with E-state index in [4.69, 9.17) is 10.5 Å². The second-order valence-corrected chi connectivity index (χ2v) is 6.83. The van der Waals surface area contributed by atoms with Gasteiger partial charge in [0, 0.05) is 18.5 Å². The average Bonchev–Trinajstić information content (AvgIpc) is 2.69. The Hall–Kier alpha value is -3.60. The van der Waals surface area contributed by atoms with Crippen LogP contribution < -0.4 is 15.2 Å². The molecular formula is C16H15N7O3S. The fraction of sp³-hybridized carbons (Fsp3) is 0.0625. The first-order valence-corrected chi connectivity index (χ1v) is 9.07. The van der Waals surface area contributed by atoms with Crippen molar-refractivity contribution in [3.63, 3.8) is 0 Å². The molecule has 0 bridgehead atoms. The third-order valence-corrected chi connectivity index (χ3v) is 4.68. The highest BCUT2D eigenvalue weighted by Gasteiger charge is 2.15. The molecule has 0 spiro atoms. The Morgan fingerprint density at radius 2 is 1.89 bits per heavy atom. The van der Waals surface area contributed by atoms with Crippen LogP contribution in [0.3, 0.4) is 0 Å². The number of aromatic nitrogens is 4. The lowest BCUT2D eigenvalue weighted by Gasteiger charge is -2.07. The van der Waals surface area contributed by atoms with Crippen LogP contribution in [0.4, 0.5) is 11.5 Å². The molecule has 138 valence electrons. The number of hydrogen-bond acceptors (Lipinski definition) is 8. The summed E-state index contributed by atoms with van der Waals surface area (Å²) < 4.78 is 32.1. The second kappa shape index (κ2) is 7.74. The van der Waals surface area contributed by atoms with Crippen molar-refractivity contribution in [1.82, 2.24) is 20.2 Å². The highest BCUT2D eigenvalue weighted by Crippen LogP contribution is 2.19. The van der Waals surface area contributed by atoms with E-state index in [0.717, 1.165) is 0 Å². The van der Waals surface area contributed by atoms with E-state index in [1.807, 2.05) is 0 Å². The minimum absolute atomic E-state index is 0.0390. The summed E-state index contributed by atoms with van der Waals surface area (Å²) in [6.07, 6.45) is 4.51. The van der Waals surface area contributed by atoms with Crippen molar-refractivity contribution in [2.75, 3.05) is 11.8 Å². The van der Waals surface area contributed by atoms with Crippen molar-refractivity contribution in [3.8, 4) is 5.88 Å². The molecule has 0 saturated heterocycles. The van der Waals surface area contributed by atoms with E-state index in [9.17, 15) is 8.42 Å². The number of amidine groups is 1. The van der Waals surface area contributed by atoms with Gasteiger partial charge in [-0.1, -0.05) is 0 Å². The number of anilines is 1. The number of nitrogens with two attached hydrogens (primary N) is 1. The molecule has 0 aliphatic heterocycles. The van der Waals surface area contributed by atoms with Gasteiger partial charge in [0.05, 0.1) is 23.9 Å². The van der Waals surface area contributed by atoms with Crippen LogP contribution in [0.15, 0.2) is 64.9 Å². The molecule has 3 aromatic rings. The van der Waals surface area contributed by atoms with Crippen LogP contribution in [0, 0.1) is 0 Å². The van der Waals surface area contributed by atoms with E-state index in [-0.39, 0.29) is 22.4 Å². The van der Waals surface area contributed by atoms with Gasteiger partial charge in [-0.05, 0) is 30.3 Å². The van der Waals surface area contributed by atoms with Gasteiger partial charge in [0.2, 0.25) is 5.88 Å². The molecule has 1 aromatic carbocycles. The number of benzene rings is 1. The maximum absolute atomic E-state index is 12.4. The van der Waals surface area contributed by atoms with Gasteiger partial charge in [-0.25, -0.2) is 18.4 Å². The number of hydrogen-bond donors (Lipinski definition) is 2. The maximum Gasteiger partial charge on any atom is 0.263 e. The highest BCUT2D eigenvalue weighted by molar-refractivity contribution is 7.92. The lowest BCUT2D eigenvalue weighted by atomic mass is 10.3.